The average Bonchev–Trinajstić information content (AvgIpc) is 2.92. The second-order valence-electron chi connectivity index (χ2n) is 4.97. The summed E-state index contributed by atoms with van der Waals surface area (Å²) in [7, 11) is 0. The van der Waals surface area contributed by atoms with Crippen LogP contribution in [0.5, 0.6) is 0 Å². The van der Waals surface area contributed by atoms with Gasteiger partial charge < -0.3 is 9.67 Å². The molecule has 6 heteroatoms. The molecule has 1 saturated carbocycles. The molecule has 18 heavy (non-hydrogen) atoms. The fourth-order valence-corrected chi connectivity index (χ4v) is 3.33. The topological polar surface area (TPSA) is 58.4 Å². The lowest BCUT2D eigenvalue weighted by Gasteiger charge is -2.17. The SMILES string of the molecule is O=C(O)CSc1nccn1C1CCN(C2CC2)C1. The van der Waals surface area contributed by atoms with Crippen molar-refractivity contribution < 1.29 is 9.90 Å². The van der Waals surface area contributed by atoms with Gasteiger partial charge in [0.1, 0.15) is 0 Å². The number of carbonyl (C=O) groups is 1. The first-order valence-electron chi connectivity index (χ1n) is 6.35. The molecule has 0 radical (unpaired) electrons. The molecule has 0 aromatic carbocycles. The van der Waals surface area contributed by atoms with Crippen LogP contribution in [0, 0.1) is 0 Å². The van der Waals surface area contributed by atoms with E-state index < -0.39 is 5.97 Å². The predicted octanol–water partition coefficient (Wildman–Crippen LogP) is 1.47. The maximum absolute atomic E-state index is 10.6. The minimum atomic E-state index is -0.791. The molecule has 2 fully saturated rings. The molecule has 0 spiro atoms. The summed E-state index contributed by atoms with van der Waals surface area (Å²) >= 11 is 1.31. The molecule has 1 aliphatic heterocycles. The molecule has 1 saturated heterocycles. The van der Waals surface area contributed by atoms with E-state index in [1.165, 1.54) is 24.6 Å². The summed E-state index contributed by atoms with van der Waals surface area (Å²) in [5.41, 5.74) is 0. The van der Waals surface area contributed by atoms with Crippen LogP contribution >= 0.6 is 11.8 Å². The maximum atomic E-state index is 10.6. The predicted molar refractivity (Wildman–Crippen MR) is 68.8 cm³/mol. The number of rotatable bonds is 5. The average molecular weight is 267 g/mol. The molecule has 0 bridgehead atoms. The van der Waals surface area contributed by atoms with E-state index >= 15 is 0 Å². The number of likely N-dealkylation sites (tertiary alicyclic amines) is 1. The number of carboxylic acids is 1. The van der Waals surface area contributed by atoms with E-state index in [0.717, 1.165) is 30.7 Å². The number of thioether (sulfide) groups is 1. The number of aromatic nitrogens is 2. The molecular formula is C12H17N3O2S. The van der Waals surface area contributed by atoms with E-state index in [1.54, 1.807) is 6.20 Å². The zero-order valence-electron chi connectivity index (χ0n) is 10.2. The molecule has 98 valence electrons. The molecule has 3 rings (SSSR count). The molecule has 2 aliphatic rings. The number of imidazole rings is 1. The molecule has 1 aromatic heterocycles. The van der Waals surface area contributed by atoms with Crippen LogP contribution in [0.3, 0.4) is 0 Å². The highest BCUT2D eigenvalue weighted by Crippen LogP contribution is 2.34. The molecule has 2 heterocycles. The van der Waals surface area contributed by atoms with Gasteiger partial charge in [0.05, 0.1) is 5.75 Å². The van der Waals surface area contributed by atoms with Crippen molar-refractivity contribution in [2.45, 2.75) is 36.5 Å². The van der Waals surface area contributed by atoms with Crippen LogP contribution in [-0.4, -0.2) is 50.4 Å². The van der Waals surface area contributed by atoms with Crippen molar-refractivity contribution in [1.29, 1.82) is 0 Å². The van der Waals surface area contributed by atoms with Crippen molar-refractivity contribution in [2.24, 2.45) is 0 Å². The minimum absolute atomic E-state index is 0.0794. The molecular weight excluding hydrogens is 250 g/mol. The number of carboxylic acid groups (broad SMARTS) is 1. The highest BCUT2D eigenvalue weighted by molar-refractivity contribution is 7.99. The molecule has 1 unspecified atom stereocenters. The molecule has 1 atom stereocenters. The van der Waals surface area contributed by atoms with Gasteiger partial charge in [0.2, 0.25) is 0 Å². The molecule has 1 N–H and O–H groups in total. The lowest BCUT2D eigenvalue weighted by molar-refractivity contribution is -0.133. The summed E-state index contributed by atoms with van der Waals surface area (Å²) in [5, 5.41) is 9.56. The Labute approximate surface area is 110 Å². The summed E-state index contributed by atoms with van der Waals surface area (Å²) in [5.74, 6) is -0.712. The van der Waals surface area contributed by atoms with E-state index in [-0.39, 0.29) is 5.75 Å². The van der Waals surface area contributed by atoms with Crippen LogP contribution in [-0.2, 0) is 4.79 Å². The van der Waals surface area contributed by atoms with Crippen molar-refractivity contribution in [3.63, 3.8) is 0 Å². The monoisotopic (exact) mass is 267 g/mol. The van der Waals surface area contributed by atoms with Crippen molar-refractivity contribution in [1.82, 2.24) is 14.5 Å². The first-order chi connectivity index (χ1) is 8.74. The lowest BCUT2D eigenvalue weighted by atomic mass is 10.3. The van der Waals surface area contributed by atoms with E-state index in [1.807, 2.05) is 6.20 Å². The Morgan fingerprint density at radius 1 is 1.44 bits per heavy atom. The Bertz CT molecular complexity index is 444. The Hall–Kier alpha value is -1.01. The summed E-state index contributed by atoms with van der Waals surface area (Å²) < 4.78 is 2.15. The van der Waals surface area contributed by atoms with Crippen LogP contribution < -0.4 is 0 Å². The van der Waals surface area contributed by atoms with Crippen LogP contribution in [0.15, 0.2) is 17.6 Å². The van der Waals surface area contributed by atoms with E-state index in [9.17, 15) is 4.79 Å². The smallest absolute Gasteiger partial charge is 0.313 e. The van der Waals surface area contributed by atoms with Gasteiger partial charge in [-0.3, -0.25) is 9.69 Å². The van der Waals surface area contributed by atoms with Gasteiger partial charge in [-0.05, 0) is 19.3 Å². The van der Waals surface area contributed by atoms with E-state index in [0.29, 0.717) is 6.04 Å². The van der Waals surface area contributed by atoms with Gasteiger partial charge in [0.25, 0.3) is 0 Å². The Morgan fingerprint density at radius 2 is 2.28 bits per heavy atom. The van der Waals surface area contributed by atoms with Gasteiger partial charge in [0, 0.05) is 37.6 Å². The highest BCUT2D eigenvalue weighted by atomic mass is 32.2. The van der Waals surface area contributed by atoms with Gasteiger partial charge in [-0.1, -0.05) is 11.8 Å². The van der Waals surface area contributed by atoms with Gasteiger partial charge >= 0.3 is 5.97 Å². The Balaban J connectivity index is 1.65. The third-order valence-corrected chi connectivity index (χ3v) is 4.58. The number of nitrogens with zero attached hydrogens (tertiary/aromatic N) is 3. The molecule has 0 amide bonds. The van der Waals surface area contributed by atoms with Crippen LogP contribution in [0.2, 0.25) is 0 Å². The third-order valence-electron chi connectivity index (χ3n) is 3.61. The summed E-state index contributed by atoms with van der Waals surface area (Å²) in [6.07, 6.45) is 7.58. The standard InChI is InChI=1S/C12H17N3O2S/c16-11(17)8-18-12-13-4-6-15(12)10-3-5-14(7-10)9-1-2-9/h4,6,9-10H,1-3,5,7-8H2,(H,16,17). The van der Waals surface area contributed by atoms with Gasteiger partial charge in [-0.2, -0.15) is 0 Å². The van der Waals surface area contributed by atoms with E-state index in [4.69, 9.17) is 5.11 Å². The molecule has 1 aliphatic carbocycles. The zero-order chi connectivity index (χ0) is 12.5. The second kappa shape index (κ2) is 4.93. The van der Waals surface area contributed by atoms with Gasteiger partial charge in [-0.15, -0.1) is 0 Å². The Morgan fingerprint density at radius 3 is 3.00 bits per heavy atom. The summed E-state index contributed by atoms with van der Waals surface area (Å²) in [6.45, 7) is 2.25. The van der Waals surface area contributed by atoms with Crippen LogP contribution in [0.4, 0.5) is 0 Å². The van der Waals surface area contributed by atoms with Crippen LogP contribution in [0.25, 0.3) is 0 Å². The third kappa shape index (κ3) is 2.54. The van der Waals surface area contributed by atoms with Gasteiger partial charge in [-0.25, -0.2) is 4.98 Å². The first kappa shape index (κ1) is 12.0. The Kier molecular flexibility index (Phi) is 3.30. The van der Waals surface area contributed by atoms with Gasteiger partial charge in [0.15, 0.2) is 5.16 Å². The quantitative estimate of drug-likeness (QED) is 0.819. The first-order valence-corrected chi connectivity index (χ1v) is 7.34. The minimum Gasteiger partial charge on any atom is -0.481 e. The molecule has 1 aromatic rings. The molecule has 5 nitrogen and oxygen atoms in total. The van der Waals surface area contributed by atoms with Crippen molar-refractivity contribution in [3.05, 3.63) is 12.4 Å². The summed E-state index contributed by atoms with van der Waals surface area (Å²) in [4.78, 5) is 17.4. The second-order valence-corrected chi connectivity index (χ2v) is 5.91. The maximum Gasteiger partial charge on any atom is 0.313 e. The normalized spacial score (nSPS) is 24.6. The number of aliphatic carboxylic acids is 1. The largest absolute Gasteiger partial charge is 0.481 e. The highest BCUT2D eigenvalue weighted by Gasteiger charge is 2.35. The van der Waals surface area contributed by atoms with Crippen molar-refractivity contribution >= 4 is 17.7 Å². The lowest BCUT2D eigenvalue weighted by Crippen LogP contribution is -2.23. The number of hydrogen-bond donors (Lipinski definition) is 1. The van der Waals surface area contributed by atoms with Crippen molar-refractivity contribution in [2.75, 3.05) is 18.8 Å². The van der Waals surface area contributed by atoms with Crippen LogP contribution in [0.1, 0.15) is 25.3 Å². The fourth-order valence-electron chi connectivity index (χ4n) is 2.58. The zero-order valence-corrected chi connectivity index (χ0v) is 11.0. The number of hydrogen-bond acceptors (Lipinski definition) is 4. The van der Waals surface area contributed by atoms with Crippen molar-refractivity contribution in [3.8, 4) is 0 Å². The summed E-state index contributed by atoms with van der Waals surface area (Å²) in [6, 6.07) is 1.28. The fraction of sp³-hybridized carbons (Fsp3) is 0.667. The van der Waals surface area contributed by atoms with E-state index in [2.05, 4.69) is 14.5 Å².